The van der Waals surface area contributed by atoms with Crippen molar-refractivity contribution < 1.29 is 69.4 Å². The zero-order chi connectivity index (χ0) is 44.1. The van der Waals surface area contributed by atoms with Crippen molar-refractivity contribution in [3.05, 3.63) is 45.3 Å². The van der Waals surface area contributed by atoms with Crippen molar-refractivity contribution in [3.8, 4) is 0 Å². The highest BCUT2D eigenvalue weighted by Crippen LogP contribution is 2.34. The van der Waals surface area contributed by atoms with Gasteiger partial charge in [-0.05, 0) is 24.8 Å². The fourth-order valence-corrected chi connectivity index (χ4v) is 7.80. The van der Waals surface area contributed by atoms with E-state index < -0.39 is 128 Å². The van der Waals surface area contributed by atoms with Crippen molar-refractivity contribution in [2.24, 2.45) is 5.92 Å². The molecule has 0 unspecified atom stereocenters. The number of allylic oxidation sites excluding steroid dienone is 1. The Morgan fingerprint density at radius 3 is 1.95 bits per heavy atom. The molecule has 4 rings (SSSR count). The molecule has 0 aliphatic carbocycles. The molecule has 0 aromatic carbocycles. The Labute approximate surface area is 348 Å². The lowest BCUT2D eigenvalue weighted by Crippen LogP contribution is -2.68. The molecule has 20 nitrogen and oxygen atoms in total. The van der Waals surface area contributed by atoms with Gasteiger partial charge in [0.15, 0.2) is 18.8 Å². The van der Waals surface area contributed by atoms with E-state index in [2.05, 4.69) is 24.5 Å². The number of aromatic amines is 1. The van der Waals surface area contributed by atoms with Gasteiger partial charge in [0.2, 0.25) is 11.8 Å². The Kier molecular flexibility index (Phi) is 19.7. The number of nitrogens with one attached hydrogen (secondary N) is 3. The lowest BCUT2D eigenvalue weighted by molar-refractivity contribution is -0.346. The van der Waals surface area contributed by atoms with Crippen LogP contribution in [0.25, 0.3) is 0 Å². The Morgan fingerprint density at radius 2 is 1.37 bits per heavy atom. The number of H-pyrrole nitrogens is 1. The van der Waals surface area contributed by atoms with Crippen LogP contribution in [0.1, 0.15) is 104 Å². The minimum Gasteiger partial charge on any atom is -0.394 e. The van der Waals surface area contributed by atoms with Crippen LogP contribution in [0, 0.1) is 5.92 Å². The molecule has 0 radical (unpaired) electrons. The molecule has 3 aliphatic rings. The number of hydrogen-bond acceptors (Lipinski definition) is 16. The van der Waals surface area contributed by atoms with Crippen LogP contribution in [0.2, 0.25) is 0 Å². The van der Waals surface area contributed by atoms with Gasteiger partial charge in [-0.2, -0.15) is 0 Å². The maximum atomic E-state index is 13.2. The Bertz CT molecular complexity index is 1630. The molecule has 342 valence electrons. The number of ether oxygens (including phenoxy) is 4. The third-order valence-corrected chi connectivity index (χ3v) is 11.2. The van der Waals surface area contributed by atoms with E-state index in [1.807, 2.05) is 4.98 Å². The van der Waals surface area contributed by atoms with Gasteiger partial charge in [0.25, 0.3) is 5.56 Å². The average Bonchev–Trinajstić information content (AvgIpc) is 3.49. The number of aliphatic hydroxyl groups is 8. The van der Waals surface area contributed by atoms with Crippen LogP contribution in [0.5, 0.6) is 0 Å². The van der Waals surface area contributed by atoms with E-state index in [-0.39, 0.29) is 0 Å². The average molecular weight is 859 g/mol. The maximum absolute atomic E-state index is 13.2. The Hall–Kier alpha value is -3.12. The summed E-state index contributed by atoms with van der Waals surface area (Å²) in [6.07, 6.45) is -6.31. The molecule has 4 heterocycles. The van der Waals surface area contributed by atoms with E-state index in [0.29, 0.717) is 6.42 Å². The quantitative estimate of drug-likeness (QED) is 0.0458. The van der Waals surface area contributed by atoms with Crippen LogP contribution in [0.3, 0.4) is 0 Å². The smallest absolute Gasteiger partial charge is 0.330 e. The standard InChI is InChI=1S/C40H66N4O16/c1-21(2)15-13-11-9-7-5-4-6-8-10-12-14-16-26(48)42-29-33(53)30(50)24(57-39(29)60-38-28(41-22(3)46)32(52)31(51)25(20-45)58-38)19-23(47)36-34(54)35(55)37(59-36)44-18-17-27(49)43-40(44)56/h14,16-18,21,23-25,28-39,45,47,50-55H,4-13,15,19-20H2,1-3H3,(H,41,46)(H,42,48)(H,43,49,56)/b16-14+/t23-,24-,25-,28-,29-,30+,31-,32-,33-,34+,35-,36-,37-,38-,39+/m1/s1. The van der Waals surface area contributed by atoms with Gasteiger partial charge in [0.1, 0.15) is 60.9 Å². The minimum absolute atomic E-state index is 0.597. The molecule has 3 fully saturated rings. The van der Waals surface area contributed by atoms with Crippen molar-refractivity contribution in [2.75, 3.05) is 6.61 Å². The summed E-state index contributed by atoms with van der Waals surface area (Å²) >= 11 is 0. The number of carbonyl (C=O) groups excluding carboxylic acids is 2. The van der Waals surface area contributed by atoms with Crippen molar-refractivity contribution in [3.63, 3.8) is 0 Å². The summed E-state index contributed by atoms with van der Waals surface area (Å²) in [6, 6.07) is -2.01. The van der Waals surface area contributed by atoms with E-state index in [1.54, 1.807) is 6.08 Å². The largest absolute Gasteiger partial charge is 0.394 e. The molecule has 15 atom stereocenters. The molecule has 60 heavy (non-hydrogen) atoms. The molecule has 20 heteroatoms. The van der Waals surface area contributed by atoms with Crippen LogP contribution in [-0.4, -0.2) is 155 Å². The fourth-order valence-electron chi connectivity index (χ4n) is 7.80. The third kappa shape index (κ3) is 13.7. The van der Waals surface area contributed by atoms with E-state index in [1.165, 1.54) is 44.6 Å². The molecule has 0 bridgehead atoms. The van der Waals surface area contributed by atoms with Crippen molar-refractivity contribution in [2.45, 2.75) is 190 Å². The summed E-state index contributed by atoms with van der Waals surface area (Å²) in [6.45, 7) is 4.83. The number of carbonyl (C=O) groups is 2. The SMILES string of the molecule is CC(=O)N[C@H]1[C@@H](O[C@@H]2O[C@H](C[C@@H](O)[C@H]3O[C@@H](n4ccc(=O)[nH]c4=O)[C@H](O)[C@@H]3O)[C@H](O)[C@H](O)[C@H]2NC(=O)/C=C/CCCCCCCCCCCC(C)C)O[C@H](CO)[C@@H](O)[C@@H]1O. The summed E-state index contributed by atoms with van der Waals surface area (Å²) in [5.41, 5.74) is -1.68. The Balaban J connectivity index is 1.42. The monoisotopic (exact) mass is 858 g/mol. The minimum atomic E-state index is -1.85. The van der Waals surface area contributed by atoms with Gasteiger partial charge in [-0.3, -0.25) is 23.9 Å². The van der Waals surface area contributed by atoms with Gasteiger partial charge >= 0.3 is 5.69 Å². The molecular weight excluding hydrogens is 792 g/mol. The first-order chi connectivity index (χ1) is 28.5. The summed E-state index contributed by atoms with van der Waals surface area (Å²) in [7, 11) is 0. The first-order valence-electron chi connectivity index (χ1n) is 21.1. The molecular formula is C40H66N4O16. The highest BCUT2D eigenvalue weighted by atomic mass is 16.8. The topological polar surface area (TPSA) is 312 Å². The number of aliphatic hydroxyl groups excluding tert-OH is 8. The van der Waals surface area contributed by atoms with Gasteiger partial charge in [-0.1, -0.05) is 77.7 Å². The normalized spacial score (nSPS) is 33.9. The molecule has 0 spiro atoms. The van der Waals surface area contributed by atoms with E-state index >= 15 is 0 Å². The summed E-state index contributed by atoms with van der Waals surface area (Å²) in [5.74, 6) is -0.604. The van der Waals surface area contributed by atoms with Crippen LogP contribution in [0.4, 0.5) is 0 Å². The van der Waals surface area contributed by atoms with E-state index in [4.69, 9.17) is 18.9 Å². The van der Waals surface area contributed by atoms with Gasteiger partial charge in [0.05, 0.1) is 18.8 Å². The summed E-state index contributed by atoms with van der Waals surface area (Å²) in [4.78, 5) is 51.2. The zero-order valence-corrected chi connectivity index (χ0v) is 34.5. The number of unbranched alkanes of at least 4 members (excludes halogenated alkanes) is 9. The van der Waals surface area contributed by atoms with Crippen molar-refractivity contribution >= 4 is 11.8 Å². The van der Waals surface area contributed by atoms with Gasteiger partial charge in [-0.25, -0.2) is 4.79 Å². The second kappa shape index (κ2) is 23.9. The van der Waals surface area contributed by atoms with E-state index in [9.17, 15) is 60.0 Å². The number of amides is 2. The maximum Gasteiger partial charge on any atom is 0.330 e. The lowest BCUT2D eigenvalue weighted by Gasteiger charge is -2.47. The number of aromatic nitrogens is 2. The third-order valence-electron chi connectivity index (χ3n) is 11.2. The van der Waals surface area contributed by atoms with Gasteiger partial charge < -0.3 is 70.4 Å². The predicted molar refractivity (Wildman–Crippen MR) is 212 cm³/mol. The molecule has 1 aromatic heterocycles. The van der Waals surface area contributed by atoms with Crippen LogP contribution < -0.4 is 21.9 Å². The molecule has 11 N–H and O–H groups in total. The number of rotatable bonds is 22. The molecule has 3 aliphatic heterocycles. The highest BCUT2D eigenvalue weighted by Gasteiger charge is 2.53. The van der Waals surface area contributed by atoms with Crippen molar-refractivity contribution in [1.29, 1.82) is 0 Å². The Morgan fingerprint density at radius 1 is 0.800 bits per heavy atom. The number of nitrogens with zero attached hydrogens (tertiary/aromatic N) is 1. The van der Waals surface area contributed by atoms with Gasteiger partial charge in [0, 0.05) is 25.6 Å². The first kappa shape index (κ1) is 49.5. The van der Waals surface area contributed by atoms with Crippen LogP contribution in [-0.2, 0) is 28.5 Å². The number of hydrogen-bond donors (Lipinski definition) is 11. The molecule has 2 amide bonds. The lowest BCUT2D eigenvalue weighted by atomic mass is 9.91. The molecule has 1 aromatic rings. The zero-order valence-electron chi connectivity index (χ0n) is 34.5. The summed E-state index contributed by atoms with van der Waals surface area (Å²) in [5, 5.41) is 91.5. The fraction of sp³-hybridized carbons (Fsp3) is 0.800. The van der Waals surface area contributed by atoms with Crippen LogP contribution >= 0.6 is 0 Å². The van der Waals surface area contributed by atoms with E-state index in [0.717, 1.165) is 55.4 Å². The molecule has 0 saturated carbocycles. The van der Waals surface area contributed by atoms with Gasteiger partial charge in [-0.15, -0.1) is 0 Å². The highest BCUT2D eigenvalue weighted by molar-refractivity contribution is 5.87. The second-order valence-corrected chi connectivity index (χ2v) is 16.5. The second-order valence-electron chi connectivity index (χ2n) is 16.5. The molecule has 3 saturated heterocycles. The summed E-state index contributed by atoms with van der Waals surface area (Å²) < 4.78 is 24.1. The van der Waals surface area contributed by atoms with Crippen LogP contribution in [0.15, 0.2) is 34.0 Å². The van der Waals surface area contributed by atoms with Crippen molar-refractivity contribution in [1.82, 2.24) is 20.2 Å². The first-order valence-corrected chi connectivity index (χ1v) is 21.1. The predicted octanol–water partition coefficient (Wildman–Crippen LogP) is -1.70.